The number of carbonyl (C=O) groups is 1. The third kappa shape index (κ3) is 4.57. The first kappa shape index (κ1) is 18.5. The molecule has 2 aromatic carbocycles. The molecule has 0 spiro atoms. The average Bonchev–Trinajstić information content (AvgIpc) is 2.61. The molecule has 0 radical (unpaired) electrons. The SMILES string of the molecule is COc1cc(C(=O)NNC(=S)Nc2ccccc2F)cc(OC)c1C. The highest BCUT2D eigenvalue weighted by molar-refractivity contribution is 7.80. The summed E-state index contributed by atoms with van der Waals surface area (Å²) in [5.41, 5.74) is 6.26. The van der Waals surface area contributed by atoms with Crippen molar-refractivity contribution in [3.63, 3.8) is 0 Å². The number of benzene rings is 2. The monoisotopic (exact) mass is 363 g/mol. The quantitative estimate of drug-likeness (QED) is 0.573. The van der Waals surface area contributed by atoms with Crippen molar-refractivity contribution in [1.29, 1.82) is 0 Å². The van der Waals surface area contributed by atoms with Crippen molar-refractivity contribution in [3.8, 4) is 11.5 Å². The van der Waals surface area contributed by atoms with Gasteiger partial charge in [0.1, 0.15) is 17.3 Å². The van der Waals surface area contributed by atoms with E-state index in [1.54, 1.807) is 24.3 Å². The van der Waals surface area contributed by atoms with Crippen LogP contribution in [0.5, 0.6) is 11.5 Å². The van der Waals surface area contributed by atoms with E-state index in [2.05, 4.69) is 16.2 Å². The zero-order chi connectivity index (χ0) is 18.4. The van der Waals surface area contributed by atoms with Crippen molar-refractivity contribution >= 4 is 28.9 Å². The minimum absolute atomic E-state index is 0.0458. The van der Waals surface area contributed by atoms with Gasteiger partial charge in [-0.3, -0.25) is 15.6 Å². The van der Waals surface area contributed by atoms with Crippen LogP contribution in [0.25, 0.3) is 0 Å². The molecule has 8 heteroatoms. The number of rotatable bonds is 4. The molecule has 0 unspecified atom stereocenters. The number of carbonyl (C=O) groups excluding carboxylic acids is 1. The average molecular weight is 363 g/mol. The molecule has 0 heterocycles. The van der Waals surface area contributed by atoms with Crippen LogP contribution in [0.4, 0.5) is 10.1 Å². The predicted molar refractivity (Wildman–Crippen MR) is 97.5 cm³/mol. The Hall–Kier alpha value is -2.87. The van der Waals surface area contributed by atoms with E-state index in [0.29, 0.717) is 17.1 Å². The third-order valence-electron chi connectivity index (χ3n) is 3.43. The van der Waals surface area contributed by atoms with Gasteiger partial charge < -0.3 is 14.8 Å². The maximum absolute atomic E-state index is 13.6. The van der Waals surface area contributed by atoms with Crippen LogP contribution in [0.3, 0.4) is 0 Å². The fourth-order valence-electron chi connectivity index (χ4n) is 2.12. The number of anilines is 1. The Labute approximate surface area is 150 Å². The highest BCUT2D eigenvalue weighted by Gasteiger charge is 2.14. The molecule has 0 saturated heterocycles. The van der Waals surface area contributed by atoms with Gasteiger partial charge in [0.05, 0.1) is 19.9 Å². The molecule has 0 saturated carbocycles. The van der Waals surface area contributed by atoms with Gasteiger partial charge in [0, 0.05) is 11.1 Å². The molecule has 0 atom stereocenters. The number of para-hydroxylation sites is 1. The summed E-state index contributed by atoms with van der Waals surface area (Å²) in [6.07, 6.45) is 0. The van der Waals surface area contributed by atoms with E-state index in [-0.39, 0.29) is 10.8 Å². The molecule has 3 N–H and O–H groups in total. The van der Waals surface area contributed by atoms with Crippen molar-refractivity contribution < 1.29 is 18.7 Å². The molecule has 6 nitrogen and oxygen atoms in total. The fourth-order valence-corrected chi connectivity index (χ4v) is 2.28. The second-order valence-corrected chi connectivity index (χ2v) is 5.43. The van der Waals surface area contributed by atoms with Crippen molar-refractivity contribution in [2.75, 3.05) is 19.5 Å². The first-order chi connectivity index (χ1) is 12.0. The van der Waals surface area contributed by atoms with Gasteiger partial charge in [0.15, 0.2) is 5.11 Å². The summed E-state index contributed by atoms with van der Waals surface area (Å²) in [7, 11) is 3.02. The maximum Gasteiger partial charge on any atom is 0.269 e. The van der Waals surface area contributed by atoms with Crippen molar-refractivity contribution in [1.82, 2.24) is 10.9 Å². The lowest BCUT2D eigenvalue weighted by molar-refractivity contribution is 0.0943. The van der Waals surface area contributed by atoms with Crippen LogP contribution in [0.1, 0.15) is 15.9 Å². The molecule has 25 heavy (non-hydrogen) atoms. The number of hydrogen-bond acceptors (Lipinski definition) is 4. The number of nitrogens with one attached hydrogen (secondary N) is 3. The van der Waals surface area contributed by atoms with Gasteiger partial charge in [0.25, 0.3) is 5.91 Å². The van der Waals surface area contributed by atoms with E-state index < -0.39 is 11.7 Å². The van der Waals surface area contributed by atoms with Crippen molar-refractivity contribution in [3.05, 3.63) is 53.3 Å². The lowest BCUT2D eigenvalue weighted by Gasteiger charge is -2.14. The first-order valence-electron chi connectivity index (χ1n) is 7.30. The fraction of sp³-hybridized carbons (Fsp3) is 0.176. The van der Waals surface area contributed by atoms with Crippen LogP contribution >= 0.6 is 12.2 Å². The number of methoxy groups -OCH3 is 2. The van der Waals surface area contributed by atoms with Crippen LogP contribution in [-0.4, -0.2) is 25.2 Å². The molecule has 0 aliphatic carbocycles. The molecule has 2 aromatic rings. The van der Waals surface area contributed by atoms with Crippen LogP contribution in [0, 0.1) is 12.7 Å². The number of thiocarbonyl (C=S) groups is 1. The van der Waals surface area contributed by atoms with Crippen molar-refractivity contribution in [2.45, 2.75) is 6.92 Å². The Morgan fingerprint density at radius 2 is 1.68 bits per heavy atom. The van der Waals surface area contributed by atoms with Crippen molar-refractivity contribution in [2.24, 2.45) is 0 Å². The van der Waals surface area contributed by atoms with Crippen LogP contribution in [0.15, 0.2) is 36.4 Å². The second-order valence-electron chi connectivity index (χ2n) is 5.02. The third-order valence-corrected chi connectivity index (χ3v) is 3.63. The molecule has 0 bridgehead atoms. The minimum atomic E-state index is -0.453. The molecular formula is C17H18FN3O3S. The highest BCUT2D eigenvalue weighted by atomic mass is 32.1. The topological polar surface area (TPSA) is 71.6 Å². The van der Waals surface area contributed by atoms with E-state index in [0.717, 1.165) is 5.56 Å². The molecule has 0 fully saturated rings. The summed E-state index contributed by atoms with van der Waals surface area (Å²) < 4.78 is 24.0. The van der Waals surface area contributed by atoms with Crippen LogP contribution < -0.4 is 25.6 Å². The summed E-state index contributed by atoms with van der Waals surface area (Å²) in [6.45, 7) is 1.82. The largest absolute Gasteiger partial charge is 0.496 e. The molecule has 0 aromatic heterocycles. The summed E-state index contributed by atoms with van der Waals surface area (Å²) in [5, 5.41) is 2.70. The lowest BCUT2D eigenvalue weighted by Crippen LogP contribution is -2.43. The normalized spacial score (nSPS) is 9.92. The Bertz CT molecular complexity index is 773. The van der Waals surface area contributed by atoms with Crippen LogP contribution in [-0.2, 0) is 0 Å². The van der Waals surface area contributed by atoms with Gasteiger partial charge in [-0.25, -0.2) is 4.39 Å². The van der Waals surface area contributed by atoms with E-state index >= 15 is 0 Å². The van der Waals surface area contributed by atoms with Gasteiger partial charge in [-0.2, -0.15) is 0 Å². The standard InChI is InChI=1S/C17H18FN3O3S/c1-10-14(23-2)8-11(9-15(10)24-3)16(22)20-21-17(25)19-13-7-5-4-6-12(13)18/h4-9H,1-3H3,(H,20,22)(H2,19,21,25). The van der Waals surface area contributed by atoms with Crippen LogP contribution in [0.2, 0.25) is 0 Å². The number of hydrazine groups is 1. The van der Waals surface area contributed by atoms with Gasteiger partial charge in [-0.1, -0.05) is 12.1 Å². The van der Waals surface area contributed by atoms with Gasteiger partial charge >= 0.3 is 0 Å². The summed E-state index contributed by atoms with van der Waals surface area (Å²) in [6, 6.07) is 9.23. The van der Waals surface area contributed by atoms with Gasteiger partial charge in [0.2, 0.25) is 0 Å². The molecule has 0 aliphatic rings. The molecule has 0 aliphatic heterocycles. The number of hydrogen-bond donors (Lipinski definition) is 3. The Morgan fingerprint density at radius 3 is 2.24 bits per heavy atom. The summed E-state index contributed by atoms with van der Waals surface area (Å²) in [5.74, 6) is 0.147. The Kier molecular flexibility index (Phi) is 6.13. The zero-order valence-corrected chi connectivity index (χ0v) is 14.8. The van der Waals surface area contributed by atoms with E-state index in [1.807, 2.05) is 6.92 Å². The summed E-state index contributed by atoms with van der Waals surface area (Å²) in [4.78, 5) is 12.3. The second kappa shape index (κ2) is 8.29. The Morgan fingerprint density at radius 1 is 1.08 bits per heavy atom. The van der Waals surface area contributed by atoms with E-state index in [4.69, 9.17) is 21.7 Å². The minimum Gasteiger partial charge on any atom is -0.496 e. The highest BCUT2D eigenvalue weighted by Crippen LogP contribution is 2.29. The maximum atomic E-state index is 13.6. The zero-order valence-electron chi connectivity index (χ0n) is 14.0. The lowest BCUT2D eigenvalue weighted by atomic mass is 10.1. The molecule has 2 rings (SSSR count). The number of ether oxygens (including phenoxy) is 2. The van der Waals surface area contributed by atoms with E-state index in [1.165, 1.54) is 26.4 Å². The number of halogens is 1. The molecular weight excluding hydrogens is 345 g/mol. The Balaban J connectivity index is 2.03. The predicted octanol–water partition coefficient (Wildman–Crippen LogP) is 2.78. The van der Waals surface area contributed by atoms with E-state index in [9.17, 15) is 9.18 Å². The van der Waals surface area contributed by atoms with Gasteiger partial charge in [-0.05, 0) is 43.4 Å². The molecule has 1 amide bonds. The molecule has 132 valence electrons. The summed E-state index contributed by atoms with van der Waals surface area (Å²) >= 11 is 5.03. The number of amides is 1. The van der Waals surface area contributed by atoms with Gasteiger partial charge in [-0.15, -0.1) is 0 Å². The first-order valence-corrected chi connectivity index (χ1v) is 7.71. The smallest absolute Gasteiger partial charge is 0.269 e.